The van der Waals surface area contributed by atoms with E-state index in [2.05, 4.69) is 5.32 Å². The smallest absolute Gasteiger partial charge is 0.295 e. The molecule has 2 aromatic carbocycles. The summed E-state index contributed by atoms with van der Waals surface area (Å²) < 4.78 is 8.64. The van der Waals surface area contributed by atoms with Crippen molar-refractivity contribution in [3.63, 3.8) is 0 Å². The Morgan fingerprint density at radius 1 is 1.19 bits per heavy atom. The van der Waals surface area contributed by atoms with Crippen LogP contribution < -0.4 is 10.9 Å². The average Bonchev–Trinajstić information content (AvgIpc) is 3.41. The normalized spacial score (nSPS) is 11.2. The summed E-state index contributed by atoms with van der Waals surface area (Å²) in [5, 5.41) is 23.7. The van der Waals surface area contributed by atoms with Crippen LogP contribution in [0.2, 0.25) is 5.02 Å². The number of nitrogens with one attached hydrogen (secondary N) is 1. The Bertz CT molecular complexity index is 1620. The summed E-state index contributed by atoms with van der Waals surface area (Å²) in [5.41, 5.74) is 0.296. The molecule has 0 spiro atoms. The number of nitriles is 1. The van der Waals surface area contributed by atoms with Gasteiger partial charge in [-0.15, -0.1) is 0 Å². The van der Waals surface area contributed by atoms with Crippen molar-refractivity contribution in [1.29, 1.82) is 5.26 Å². The number of para-hydroxylation sites is 1. The molecule has 0 saturated heterocycles. The fourth-order valence-electron chi connectivity index (χ4n) is 3.62. The summed E-state index contributed by atoms with van der Waals surface area (Å²) in [7, 11) is 1.68. The lowest BCUT2D eigenvalue weighted by atomic mass is 10.1. The summed E-state index contributed by atoms with van der Waals surface area (Å²) in [6.07, 6.45) is 1.19. The van der Waals surface area contributed by atoms with E-state index in [1.807, 2.05) is 6.07 Å². The number of carbonyl (C=O) groups is 1. The van der Waals surface area contributed by atoms with Crippen molar-refractivity contribution in [2.24, 2.45) is 7.05 Å². The molecule has 180 valence electrons. The average molecular weight is 504 g/mol. The number of rotatable bonds is 6. The van der Waals surface area contributed by atoms with Gasteiger partial charge in [-0.25, -0.2) is 4.68 Å². The third-order valence-electron chi connectivity index (χ3n) is 5.49. The number of aromatic nitrogens is 2. The van der Waals surface area contributed by atoms with E-state index in [1.54, 1.807) is 49.0 Å². The molecule has 1 N–H and O–H groups in total. The first-order chi connectivity index (χ1) is 17.2. The van der Waals surface area contributed by atoms with Gasteiger partial charge < -0.3 is 9.73 Å². The van der Waals surface area contributed by atoms with Gasteiger partial charge in [0, 0.05) is 24.2 Å². The van der Waals surface area contributed by atoms with Gasteiger partial charge in [-0.05, 0) is 43.3 Å². The van der Waals surface area contributed by atoms with E-state index in [4.69, 9.17) is 16.0 Å². The van der Waals surface area contributed by atoms with Crippen molar-refractivity contribution in [2.45, 2.75) is 6.92 Å². The van der Waals surface area contributed by atoms with Crippen molar-refractivity contribution in [3.05, 3.63) is 103 Å². The van der Waals surface area contributed by atoms with Crippen LogP contribution in [0.25, 0.3) is 23.1 Å². The lowest BCUT2D eigenvalue weighted by Crippen LogP contribution is -2.23. The molecule has 0 aliphatic carbocycles. The predicted molar refractivity (Wildman–Crippen MR) is 134 cm³/mol. The number of halogens is 1. The number of nitro groups is 1. The highest BCUT2D eigenvalue weighted by Crippen LogP contribution is 2.33. The lowest BCUT2D eigenvalue weighted by molar-refractivity contribution is -0.384. The van der Waals surface area contributed by atoms with Crippen LogP contribution in [0.1, 0.15) is 11.5 Å². The number of hydrogen-bond acceptors (Lipinski definition) is 6. The van der Waals surface area contributed by atoms with Crippen LogP contribution in [0, 0.1) is 28.4 Å². The van der Waals surface area contributed by atoms with E-state index in [0.717, 1.165) is 0 Å². The second-order valence-electron chi connectivity index (χ2n) is 7.68. The monoisotopic (exact) mass is 503 g/mol. The largest absolute Gasteiger partial charge is 0.456 e. The van der Waals surface area contributed by atoms with Gasteiger partial charge in [0.15, 0.2) is 0 Å². The van der Waals surface area contributed by atoms with Crippen molar-refractivity contribution in [3.8, 4) is 23.1 Å². The summed E-state index contributed by atoms with van der Waals surface area (Å²) in [6.45, 7) is 1.67. The molecule has 2 aromatic heterocycles. The van der Waals surface area contributed by atoms with Gasteiger partial charge in [0.2, 0.25) is 0 Å². The second kappa shape index (κ2) is 9.77. The number of amides is 1. The molecular formula is C25H18ClN5O5. The van der Waals surface area contributed by atoms with E-state index >= 15 is 0 Å². The highest BCUT2D eigenvalue weighted by molar-refractivity contribution is 6.30. The van der Waals surface area contributed by atoms with Crippen LogP contribution in [-0.4, -0.2) is 20.2 Å². The molecule has 0 unspecified atom stereocenters. The Hall–Kier alpha value is -4.88. The maximum Gasteiger partial charge on any atom is 0.295 e. The van der Waals surface area contributed by atoms with Crippen LogP contribution in [0.4, 0.5) is 11.4 Å². The zero-order chi connectivity index (χ0) is 26.0. The van der Waals surface area contributed by atoms with Crippen molar-refractivity contribution in [1.82, 2.24) is 9.36 Å². The Kier molecular flexibility index (Phi) is 6.58. The number of nitro benzene ring substituents is 1. The number of anilines is 1. The van der Waals surface area contributed by atoms with Crippen molar-refractivity contribution >= 4 is 35.0 Å². The Labute approximate surface area is 209 Å². The van der Waals surface area contributed by atoms with Crippen LogP contribution in [0.3, 0.4) is 0 Å². The third-order valence-corrected chi connectivity index (χ3v) is 5.73. The zero-order valence-electron chi connectivity index (χ0n) is 19.1. The molecule has 4 rings (SSSR count). The molecular weight excluding hydrogens is 486 g/mol. The molecule has 0 aliphatic rings. The number of nitrogens with zero attached hydrogens (tertiary/aromatic N) is 4. The molecule has 0 atom stereocenters. The van der Waals surface area contributed by atoms with Gasteiger partial charge in [0.05, 0.1) is 21.9 Å². The number of hydrogen-bond donors (Lipinski definition) is 1. The Morgan fingerprint density at radius 3 is 2.58 bits per heavy atom. The van der Waals surface area contributed by atoms with Crippen molar-refractivity contribution in [2.75, 3.05) is 5.32 Å². The summed E-state index contributed by atoms with van der Waals surface area (Å²) in [5.74, 6) is -0.529. The SMILES string of the molecule is Cc1c(NC(=O)/C(C#N)=C/c2ccc(-c3ccc(Cl)cc3[N+](=O)[O-])o2)c(=O)n(-c2ccccc2)n1C. The molecule has 2 heterocycles. The van der Waals surface area contributed by atoms with Gasteiger partial charge in [-0.2, -0.15) is 5.26 Å². The quantitative estimate of drug-likeness (QED) is 0.173. The molecule has 1 amide bonds. The highest BCUT2D eigenvalue weighted by atomic mass is 35.5. The lowest BCUT2D eigenvalue weighted by Gasteiger charge is -2.07. The minimum atomic E-state index is -0.807. The molecule has 11 heteroatoms. The maximum atomic E-state index is 13.0. The molecule has 0 bridgehead atoms. The van der Waals surface area contributed by atoms with Crippen LogP contribution in [0.15, 0.2) is 75.4 Å². The molecule has 4 aromatic rings. The number of benzene rings is 2. The van der Waals surface area contributed by atoms with E-state index in [0.29, 0.717) is 11.4 Å². The summed E-state index contributed by atoms with van der Waals surface area (Å²) >= 11 is 5.86. The molecule has 0 fully saturated rings. The van der Waals surface area contributed by atoms with E-state index in [1.165, 1.54) is 41.1 Å². The topological polar surface area (TPSA) is 136 Å². The minimum Gasteiger partial charge on any atom is -0.456 e. The first kappa shape index (κ1) is 24.3. The first-order valence-electron chi connectivity index (χ1n) is 10.5. The maximum absolute atomic E-state index is 13.0. The Balaban J connectivity index is 1.64. The summed E-state index contributed by atoms with van der Waals surface area (Å²) in [4.78, 5) is 36.7. The fraction of sp³-hybridized carbons (Fsp3) is 0.0800. The highest BCUT2D eigenvalue weighted by Gasteiger charge is 2.21. The molecule has 10 nitrogen and oxygen atoms in total. The number of furan rings is 1. The minimum absolute atomic E-state index is 0.0319. The van der Waals surface area contributed by atoms with E-state index in [9.17, 15) is 25.0 Å². The van der Waals surface area contributed by atoms with Crippen LogP contribution in [-0.2, 0) is 11.8 Å². The molecule has 0 radical (unpaired) electrons. The predicted octanol–water partition coefficient (Wildman–Crippen LogP) is 4.85. The van der Waals surface area contributed by atoms with Gasteiger partial charge in [0.25, 0.3) is 17.2 Å². The molecule has 36 heavy (non-hydrogen) atoms. The van der Waals surface area contributed by atoms with Gasteiger partial charge in [0.1, 0.15) is 28.9 Å². The van der Waals surface area contributed by atoms with E-state index in [-0.39, 0.29) is 39.1 Å². The van der Waals surface area contributed by atoms with Gasteiger partial charge in [-0.3, -0.25) is 24.4 Å². The van der Waals surface area contributed by atoms with Crippen LogP contribution in [0.5, 0.6) is 0 Å². The van der Waals surface area contributed by atoms with E-state index < -0.39 is 16.4 Å². The first-order valence-corrected chi connectivity index (χ1v) is 10.9. The summed E-state index contributed by atoms with van der Waals surface area (Å²) in [6, 6.07) is 17.8. The van der Waals surface area contributed by atoms with Gasteiger partial charge in [-0.1, -0.05) is 29.8 Å². The Morgan fingerprint density at radius 2 is 1.92 bits per heavy atom. The molecule has 0 aliphatic heterocycles. The standard InChI is InChI=1S/C25H18ClN5O5/c1-15-23(25(33)30(29(15)2)18-6-4-3-5-7-18)28-24(32)16(14-27)12-19-9-11-22(36-19)20-10-8-17(26)13-21(20)31(34)35/h3-13H,1-2H3,(H,28,32)/b16-12+. The van der Waals surface area contributed by atoms with Crippen LogP contribution >= 0.6 is 11.6 Å². The third kappa shape index (κ3) is 4.55. The fourth-order valence-corrected chi connectivity index (χ4v) is 3.79. The van der Waals surface area contributed by atoms with Gasteiger partial charge >= 0.3 is 0 Å². The van der Waals surface area contributed by atoms with Crippen molar-refractivity contribution < 1.29 is 14.1 Å². The number of carbonyl (C=O) groups excluding carboxylic acids is 1. The second-order valence-corrected chi connectivity index (χ2v) is 8.12. The zero-order valence-corrected chi connectivity index (χ0v) is 19.8. The molecule has 0 saturated carbocycles.